The van der Waals surface area contributed by atoms with Gasteiger partial charge in [0.1, 0.15) is 12.4 Å². The fourth-order valence-corrected chi connectivity index (χ4v) is 3.10. The van der Waals surface area contributed by atoms with Crippen LogP contribution < -0.4 is 15.8 Å². The molecule has 0 fully saturated rings. The maximum Gasteiger partial charge on any atom is 0.241 e. The lowest BCUT2D eigenvalue weighted by Gasteiger charge is -2.21. The third-order valence-electron chi connectivity index (χ3n) is 4.46. The van der Waals surface area contributed by atoms with Gasteiger partial charge in [-0.15, -0.1) is 0 Å². The van der Waals surface area contributed by atoms with Crippen LogP contribution in [0.2, 0.25) is 0 Å². The fraction of sp³-hybridized carbons (Fsp3) is 0.143. The molecule has 2 aromatic carbocycles. The number of hydrogen-bond donors (Lipinski definition) is 2. The van der Waals surface area contributed by atoms with Crippen LogP contribution in [0.15, 0.2) is 67.0 Å². The van der Waals surface area contributed by atoms with Crippen molar-refractivity contribution in [3.8, 4) is 16.9 Å². The number of pyridine rings is 1. The highest BCUT2D eigenvalue weighted by atomic mass is 16.5. The van der Waals surface area contributed by atoms with Gasteiger partial charge in [0.15, 0.2) is 0 Å². The van der Waals surface area contributed by atoms with Crippen molar-refractivity contribution in [3.63, 3.8) is 0 Å². The molecule has 1 aliphatic heterocycles. The standard InChI is InChI=1S/C21H19N3O2/c22-19(10-14-4-2-1-3-5-14)21(25)24-16-6-7-18-17-8-9-23-12-15(17)13-26-20(18)11-16/h1-9,11-12,19H,10,13,22H2,(H,24,25). The third kappa shape index (κ3) is 3.30. The first kappa shape index (κ1) is 16.3. The van der Waals surface area contributed by atoms with Crippen molar-refractivity contribution in [1.29, 1.82) is 0 Å². The Bertz CT molecular complexity index is 941. The van der Waals surface area contributed by atoms with E-state index >= 15 is 0 Å². The SMILES string of the molecule is NC(Cc1ccccc1)C(=O)Nc1ccc2c(c1)OCc1cnccc1-2. The predicted octanol–water partition coefficient (Wildman–Crippen LogP) is 3.15. The first-order valence-electron chi connectivity index (χ1n) is 8.51. The molecule has 1 atom stereocenters. The van der Waals surface area contributed by atoms with E-state index in [4.69, 9.17) is 10.5 Å². The van der Waals surface area contributed by atoms with E-state index in [1.165, 1.54) is 0 Å². The average molecular weight is 345 g/mol. The summed E-state index contributed by atoms with van der Waals surface area (Å²) in [4.78, 5) is 16.5. The molecule has 0 radical (unpaired) electrons. The predicted molar refractivity (Wildman–Crippen MR) is 101 cm³/mol. The minimum Gasteiger partial charge on any atom is -0.488 e. The van der Waals surface area contributed by atoms with Crippen molar-refractivity contribution in [2.24, 2.45) is 5.73 Å². The Morgan fingerprint density at radius 3 is 2.85 bits per heavy atom. The topological polar surface area (TPSA) is 77.2 Å². The summed E-state index contributed by atoms with van der Waals surface area (Å²) in [5.41, 5.74) is 10.9. The normalized spacial score (nSPS) is 13.1. The summed E-state index contributed by atoms with van der Waals surface area (Å²) in [6, 6.07) is 16.8. The highest BCUT2D eigenvalue weighted by molar-refractivity contribution is 5.95. The molecular formula is C21H19N3O2. The number of nitrogens with one attached hydrogen (secondary N) is 1. The monoisotopic (exact) mass is 345 g/mol. The van der Waals surface area contributed by atoms with Crippen molar-refractivity contribution >= 4 is 11.6 Å². The maximum atomic E-state index is 12.4. The molecule has 1 aliphatic rings. The molecule has 2 heterocycles. The van der Waals surface area contributed by atoms with Gasteiger partial charge in [0.05, 0.1) is 6.04 Å². The van der Waals surface area contributed by atoms with Crippen LogP contribution in [0.4, 0.5) is 5.69 Å². The van der Waals surface area contributed by atoms with Crippen molar-refractivity contribution in [2.45, 2.75) is 19.1 Å². The average Bonchev–Trinajstić information content (AvgIpc) is 2.68. The first-order chi connectivity index (χ1) is 12.7. The Kier molecular flexibility index (Phi) is 4.37. The summed E-state index contributed by atoms with van der Waals surface area (Å²) in [5, 5.41) is 2.88. The van der Waals surface area contributed by atoms with Gasteiger partial charge in [0.25, 0.3) is 0 Å². The lowest BCUT2D eigenvalue weighted by molar-refractivity contribution is -0.117. The van der Waals surface area contributed by atoms with E-state index in [0.717, 1.165) is 28.0 Å². The Hall–Kier alpha value is -3.18. The van der Waals surface area contributed by atoms with Crippen LogP contribution in [0.1, 0.15) is 11.1 Å². The van der Waals surface area contributed by atoms with Crippen LogP contribution in [0.25, 0.3) is 11.1 Å². The van der Waals surface area contributed by atoms with E-state index in [-0.39, 0.29) is 5.91 Å². The zero-order chi connectivity index (χ0) is 17.9. The number of rotatable bonds is 4. The van der Waals surface area contributed by atoms with Crippen LogP contribution in [0.3, 0.4) is 0 Å². The molecule has 4 rings (SSSR count). The number of nitrogens with two attached hydrogens (primary N) is 1. The highest BCUT2D eigenvalue weighted by Gasteiger charge is 2.19. The molecule has 0 aliphatic carbocycles. The number of anilines is 1. The van der Waals surface area contributed by atoms with Gasteiger partial charge in [-0.1, -0.05) is 30.3 Å². The Morgan fingerprint density at radius 2 is 2.00 bits per heavy atom. The van der Waals surface area contributed by atoms with E-state index in [0.29, 0.717) is 18.7 Å². The molecule has 0 spiro atoms. The molecule has 1 aromatic heterocycles. The van der Waals surface area contributed by atoms with Crippen LogP contribution >= 0.6 is 0 Å². The van der Waals surface area contributed by atoms with E-state index < -0.39 is 6.04 Å². The summed E-state index contributed by atoms with van der Waals surface area (Å²) in [6.45, 7) is 0.473. The van der Waals surface area contributed by atoms with E-state index in [1.54, 1.807) is 6.20 Å². The number of carbonyl (C=O) groups excluding carboxylic acids is 1. The van der Waals surface area contributed by atoms with Gasteiger partial charge in [0, 0.05) is 35.3 Å². The van der Waals surface area contributed by atoms with Crippen molar-refractivity contribution in [3.05, 3.63) is 78.1 Å². The van der Waals surface area contributed by atoms with Crippen molar-refractivity contribution in [2.75, 3.05) is 5.32 Å². The molecule has 5 heteroatoms. The summed E-state index contributed by atoms with van der Waals surface area (Å²) in [6.07, 6.45) is 4.08. The first-order valence-corrected chi connectivity index (χ1v) is 8.51. The Morgan fingerprint density at radius 1 is 1.15 bits per heavy atom. The van der Waals surface area contributed by atoms with Crippen LogP contribution in [-0.4, -0.2) is 16.9 Å². The van der Waals surface area contributed by atoms with Gasteiger partial charge in [-0.3, -0.25) is 9.78 Å². The molecule has 5 nitrogen and oxygen atoms in total. The van der Waals surface area contributed by atoms with E-state index in [2.05, 4.69) is 10.3 Å². The quantitative estimate of drug-likeness (QED) is 0.761. The summed E-state index contributed by atoms with van der Waals surface area (Å²) in [5.74, 6) is 0.535. The number of fused-ring (bicyclic) bond motifs is 3. The molecule has 0 saturated carbocycles. The van der Waals surface area contributed by atoms with Gasteiger partial charge in [0.2, 0.25) is 5.91 Å². The van der Waals surface area contributed by atoms with Crippen LogP contribution in [-0.2, 0) is 17.8 Å². The summed E-state index contributed by atoms with van der Waals surface area (Å²) in [7, 11) is 0. The summed E-state index contributed by atoms with van der Waals surface area (Å²) < 4.78 is 5.81. The lowest BCUT2D eigenvalue weighted by Crippen LogP contribution is -2.37. The second-order valence-electron chi connectivity index (χ2n) is 6.32. The molecule has 1 amide bonds. The van der Waals surface area contributed by atoms with Gasteiger partial charge in [-0.2, -0.15) is 0 Å². The van der Waals surface area contributed by atoms with Crippen LogP contribution in [0.5, 0.6) is 5.75 Å². The minimum absolute atomic E-state index is 0.214. The van der Waals surface area contributed by atoms with E-state index in [9.17, 15) is 4.79 Å². The van der Waals surface area contributed by atoms with Crippen LogP contribution in [0, 0.1) is 0 Å². The molecule has 0 saturated heterocycles. The Balaban J connectivity index is 1.49. The molecule has 130 valence electrons. The summed E-state index contributed by atoms with van der Waals surface area (Å²) >= 11 is 0. The maximum absolute atomic E-state index is 12.4. The molecule has 0 bridgehead atoms. The third-order valence-corrected chi connectivity index (χ3v) is 4.46. The number of amides is 1. The number of benzene rings is 2. The zero-order valence-electron chi connectivity index (χ0n) is 14.2. The molecule has 1 unspecified atom stereocenters. The number of hydrogen-bond acceptors (Lipinski definition) is 4. The second kappa shape index (κ2) is 6.98. The Labute approximate surface area is 151 Å². The number of ether oxygens (including phenoxy) is 1. The van der Waals surface area contributed by atoms with E-state index in [1.807, 2.05) is 60.8 Å². The zero-order valence-corrected chi connectivity index (χ0v) is 14.2. The number of nitrogens with zero attached hydrogens (tertiary/aromatic N) is 1. The highest BCUT2D eigenvalue weighted by Crippen LogP contribution is 2.38. The second-order valence-corrected chi connectivity index (χ2v) is 6.32. The van der Waals surface area contributed by atoms with Gasteiger partial charge in [-0.25, -0.2) is 0 Å². The molecule has 26 heavy (non-hydrogen) atoms. The molecule has 3 aromatic rings. The molecular weight excluding hydrogens is 326 g/mol. The smallest absolute Gasteiger partial charge is 0.241 e. The number of aromatic nitrogens is 1. The molecule has 3 N–H and O–H groups in total. The van der Waals surface area contributed by atoms with Crippen molar-refractivity contribution in [1.82, 2.24) is 4.98 Å². The fourth-order valence-electron chi connectivity index (χ4n) is 3.10. The van der Waals surface area contributed by atoms with Gasteiger partial charge >= 0.3 is 0 Å². The lowest BCUT2D eigenvalue weighted by atomic mass is 9.98. The largest absolute Gasteiger partial charge is 0.488 e. The van der Waals surface area contributed by atoms with Crippen molar-refractivity contribution < 1.29 is 9.53 Å². The number of carbonyl (C=O) groups is 1. The van der Waals surface area contributed by atoms with Gasteiger partial charge < -0.3 is 15.8 Å². The minimum atomic E-state index is -0.610. The van der Waals surface area contributed by atoms with Gasteiger partial charge in [-0.05, 0) is 35.7 Å².